The Morgan fingerprint density at radius 3 is 1.48 bits per heavy atom. The predicted molar refractivity (Wildman–Crippen MR) is 227 cm³/mol. The zero-order valence-corrected chi connectivity index (χ0v) is 40.5. The molecule has 3 aliphatic rings. The van der Waals surface area contributed by atoms with Gasteiger partial charge in [0.2, 0.25) is 11.8 Å². The van der Waals surface area contributed by atoms with E-state index in [1.807, 2.05) is 12.1 Å². The molecule has 3 heterocycles. The molecule has 0 aromatic heterocycles. The second-order valence-corrected chi connectivity index (χ2v) is 16.7. The summed E-state index contributed by atoms with van der Waals surface area (Å²) in [5.41, 5.74) is 4.13. The van der Waals surface area contributed by atoms with E-state index in [4.69, 9.17) is 56.1 Å². The van der Waals surface area contributed by atoms with E-state index in [-0.39, 0.29) is 85.4 Å². The molecule has 3 aliphatic heterocycles. The van der Waals surface area contributed by atoms with Gasteiger partial charge in [0, 0.05) is 81.7 Å². The summed E-state index contributed by atoms with van der Waals surface area (Å²) in [6.45, 7) is 3.69. The fourth-order valence-electron chi connectivity index (χ4n) is 6.55. The Morgan fingerprint density at radius 1 is 0.689 bits per heavy atom. The van der Waals surface area contributed by atoms with Crippen molar-refractivity contribution in [3.63, 3.8) is 0 Å². The van der Waals surface area contributed by atoms with Crippen LogP contribution in [-0.4, -0.2) is 40.5 Å². The number of carbonyl (C=O) groups is 2. The van der Waals surface area contributed by atoms with Crippen molar-refractivity contribution in [2.75, 3.05) is 0 Å². The molecule has 0 bridgehead atoms. The molecule has 2 N–H and O–H groups in total. The molecule has 21 heteroatoms. The third kappa shape index (κ3) is 11.6. The first-order chi connectivity index (χ1) is 28.0. The van der Waals surface area contributed by atoms with Gasteiger partial charge in [-0.05, 0) is 81.9 Å². The first kappa shape index (κ1) is 51.1. The molecule has 322 valence electrons. The topological polar surface area (TPSA) is 107 Å². The second-order valence-electron chi connectivity index (χ2n) is 13.8. The first-order valence-corrected chi connectivity index (χ1v) is 21.2. The summed E-state index contributed by atoms with van der Waals surface area (Å²) in [7, 11) is 0. The zero-order chi connectivity index (χ0) is 44.4. The Bertz CT molecular complexity index is 2340. The number of nitrogens with zero attached hydrogens (tertiary/aromatic N) is 3. The number of rotatable bonds is 6. The van der Waals surface area contributed by atoms with Crippen LogP contribution in [0.15, 0.2) is 83.1 Å². The Kier molecular flexibility index (Phi) is 17.2. The van der Waals surface area contributed by atoms with E-state index in [2.05, 4.69) is 47.9 Å². The van der Waals surface area contributed by atoms with Gasteiger partial charge in [-0.2, -0.15) is 26.3 Å². The van der Waals surface area contributed by atoms with Gasteiger partial charge in [0.15, 0.2) is 0 Å². The molecule has 0 aliphatic carbocycles. The van der Waals surface area contributed by atoms with E-state index in [0.717, 1.165) is 22.3 Å². The summed E-state index contributed by atoms with van der Waals surface area (Å²) in [6.07, 6.45) is -10.4. The summed E-state index contributed by atoms with van der Waals surface area (Å²) in [4.78, 5) is 32.5. The monoisotopic (exact) mass is 1070 g/mol. The number of oxime groups is 2. The average Bonchev–Trinajstić information content (AvgIpc) is 3.92. The second kappa shape index (κ2) is 20.5. The molecule has 61 heavy (non-hydrogen) atoms. The van der Waals surface area contributed by atoms with E-state index in [1.165, 1.54) is 50.2 Å². The molecule has 0 saturated heterocycles. The molecular weight excluding hydrogens is 1040 g/mol. The number of carbonyl (C=O) groups excluding carboxylic acids is 2. The largest absolute Gasteiger partial charge is 1.00 e. The number of hydrogen-bond acceptors (Lipinski definition) is 6. The Balaban J connectivity index is 0.000000296. The molecule has 7 rings (SSSR count). The Hall–Kier alpha value is -2.54. The summed E-state index contributed by atoms with van der Waals surface area (Å²) < 4.78 is 84.3. The minimum Gasteiger partial charge on any atom is -1.00 e. The molecule has 2 atom stereocenters. The van der Waals surface area contributed by atoms with Crippen LogP contribution >= 0.6 is 78.3 Å². The van der Waals surface area contributed by atoms with Crippen LogP contribution in [-0.2, 0) is 54.2 Å². The molecule has 0 radical (unpaired) electrons. The molecule has 4 aromatic carbocycles. The normalized spacial score (nSPS) is 19.1. The number of hydrogen-bond donors (Lipinski definition) is 1. The van der Waals surface area contributed by atoms with Crippen LogP contribution < -0.4 is 35.3 Å². The quantitative estimate of drug-likeness (QED) is 0.118. The molecule has 0 spiro atoms. The van der Waals surface area contributed by atoms with Gasteiger partial charge in [-0.25, -0.2) is 0 Å². The van der Waals surface area contributed by atoms with Crippen LogP contribution in [0, 0.1) is 0 Å². The molecule has 2 unspecified atom stereocenters. The minimum absolute atomic E-state index is 0. The number of benzene rings is 4. The SMILES string of the molecule is CC(=O)N1Cc2ccc(C3=NOC(c4cc(Cl)cc(Cl)c4)(C(F)(F)F)C3)cc2C1.CC(N)=O.FC(F)(F)C1(c2cc(Cl)cc(Cl)c2)CC(c2ccc(CBr)c(CBr)c2)=NO1.[H-].[Na+]. The average molecular weight is 1070 g/mol. The van der Waals surface area contributed by atoms with Crippen LogP contribution in [0.2, 0.25) is 20.1 Å². The third-order valence-electron chi connectivity index (χ3n) is 9.56. The Labute approximate surface area is 407 Å². The van der Waals surface area contributed by atoms with Crippen LogP contribution in [0.25, 0.3) is 0 Å². The molecule has 8 nitrogen and oxygen atoms in total. The van der Waals surface area contributed by atoms with Crippen molar-refractivity contribution < 1.29 is 76.6 Å². The fraction of sp³-hybridized carbons (Fsp3) is 0.300. The van der Waals surface area contributed by atoms with E-state index in [0.29, 0.717) is 34.9 Å². The smallest absolute Gasteiger partial charge is 1.00 e. The predicted octanol–water partition coefficient (Wildman–Crippen LogP) is 9.41. The summed E-state index contributed by atoms with van der Waals surface area (Å²) >= 11 is 30.5. The van der Waals surface area contributed by atoms with Gasteiger partial charge < -0.3 is 21.7 Å². The maximum absolute atomic E-state index is 14.1. The van der Waals surface area contributed by atoms with Crippen molar-refractivity contribution in [3.8, 4) is 0 Å². The summed E-state index contributed by atoms with van der Waals surface area (Å²) in [5.74, 6) is -0.391. The number of fused-ring (bicyclic) bond motifs is 1. The van der Waals surface area contributed by atoms with Crippen molar-refractivity contribution in [1.82, 2.24) is 4.90 Å². The number of nitrogens with two attached hydrogens (primary N) is 1. The molecule has 4 aromatic rings. The van der Waals surface area contributed by atoms with E-state index in [1.54, 1.807) is 29.2 Å². The molecule has 0 saturated carbocycles. The molecular formula is C40H33Br2Cl4F6N4NaO4. The number of primary amides is 1. The van der Waals surface area contributed by atoms with Gasteiger partial charge in [-0.15, -0.1) is 0 Å². The zero-order valence-electron chi connectivity index (χ0n) is 33.3. The first-order valence-electron chi connectivity index (χ1n) is 17.5. The van der Waals surface area contributed by atoms with Crippen molar-refractivity contribution in [1.29, 1.82) is 0 Å². The van der Waals surface area contributed by atoms with Crippen molar-refractivity contribution in [2.24, 2.45) is 16.0 Å². The Morgan fingerprint density at radius 2 is 1.08 bits per heavy atom. The maximum atomic E-state index is 14.1. The van der Waals surface area contributed by atoms with Gasteiger partial charge >= 0.3 is 41.9 Å². The van der Waals surface area contributed by atoms with Crippen molar-refractivity contribution in [3.05, 3.63) is 137 Å². The number of alkyl halides is 8. The van der Waals surface area contributed by atoms with Crippen molar-refractivity contribution in [2.45, 2.75) is 74.0 Å². The van der Waals surface area contributed by atoms with Gasteiger partial charge in [-0.1, -0.05) is 113 Å². The molecule has 0 fully saturated rings. The van der Waals surface area contributed by atoms with Gasteiger partial charge in [0.1, 0.15) is 0 Å². The number of halogens is 12. The third-order valence-corrected chi connectivity index (χ3v) is 11.6. The standard InChI is InChI=1S/C20H15Cl2F3N2O2.C18H12Br2Cl2F3NO.C2H5NO.Na.H/c1-11(28)27-9-13-3-2-12(4-14(13)10-27)18-8-19(29-26-18,20(23,24)25)15-5-16(21)7-17(22)6-15;19-8-11-2-1-10(3-12(11)9-20)16-7-17(27-26-16,18(23,24)25)13-4-14(21)6-15(22)5-13;1-2(3)4;;/h2-7H,8-10H2,1H3;1-6H,7-9H2;1H3,(H2,3,4);;/q;;;+1;-1. The van der Waals surface area contributed by atoms with E-state index >= 15 is 0 Å². The minimum atomic E-state index is -4.74. The van der Waals surface area contributed by atoms with Gasteiger partial charge in [0.05, 0.1) is 11.4 Å². The van der Waals surface area contributed by atoms with Gasteiger partial charge in [0.25, 0.3) is 11.2 Å². The van der Waals surface area contributed by atoms with Crippen LogP contribution in [0.1, 0.15) is 72.6 Å². The summed E-state index contributed by atoms with van der Waals surface area (Å²) in [6, 6.07) is 18.2. The van der Waals surface area contributed by atoms with Crippen molar-refractivity contribution >= 4 is 102 Å². The van der Waals surface area contributed by atoms with Crippen LogP contribution in [0.4, 0.5) is 26.3 Å². The van der Waals surface area contributed by atoms with Crippen LogP contribution in [0.3, 0.4) is 0 Å². The maximum Gasteiger partial charge on any atom is 1.00 e. The number of amides is 2. The van der Waals surface area contributed by atoms with Crippen LogP contribution in [0.5, 0.6) is 0 Å². The summed E-state index contributed by atoms with van der Waals surface area (Å²) in [5, 5.41) is 9.12. The van der Waals surface area contributed by atoms with Gasteiger partial charge in [-0.3, -0.25) is 9.59 Å². The van der Waals surface area contributed by atoms with E-state index < -0.39 is 36.4 Å². The van der Waals surface area contributed by atoms with E-state index in [9.17, 15) is 35.9 Å². The fourth-order valence-corrected chi connectivity index (χ4v) is 8.67. The molecule has 2 amide bonds.